The SMILES string of the molecule is Clc1ccc(-c2cccc3c2-c2ccccc2C32c3ccccc3-c3ccccc32)cc1. The first-order valence-electron chi connectivity index (χ1n) is 11.0. The van der Waals surface area contributed by atoms with E-state index in [1.807, 2.05) is 12.1 Å². The molecule has 2 aliphatic rings. The topological polar surface area (TPSA) is 0 Å². The summed E-state index contributed by atoms with van der Waals surface area (Å²) in [7, 11) is 0. The summed E-state index contributed by atoms with van der Waals surface area (Å²) in [5, 5.41) is 0.761. The van der Waals surface area contributed by atoms with Crippen molar-refractivity contribution < 1.29 is 0 Å². The molecule has 1 spiro atoms. The zero-order valence-corrected chi connectivity index (χ0v) is 18.1. The predicted molar refractivity (Wildman–Crippen MR) is 133 cm³/mol. The summed E-state index contributed by atoms with van der Waals surface area (Å²) < 4.78 is 0. The molecule has 0 unspecified atom stereocenters. The molecule has 0 atom stereocenters. The zero-order chi connectivity index (χ0) is 21.3. The molecule has 0 aliphatic heterocycles. The first-order valence-corrected chi connectivity index (χ1v) is 11.4. The fourth-order valence-electron chi connectivity index (χ4n) is 6.01. The van der Waals surface area contributed by atoms with E-state index in [-0.39, 0.29) is 5.41 Å². The van der Waals surface area contributed by atoms with Gasteiger partial charge in [-0.25, -0.2) is 0 Å². The van der Waals surface area contributed by atoms with Gasteiger partial charge in [-0.05, 0) is 67.8 Å². The van der Waals surface area contributed by atoms with E-state index < -0.39 is 0 Å². The van der Waals surface area contributed by atoms with E-state index in [4.69, 9.17) is 11.6 Å². The molecule has 2 aliphatic carbocycles. The minimum Gasteiger partial charge on any atom is -0.0843 e. The van der Waals surface area contributed by atoms with Gasteiger partial charge in [-0.3, -0.25) is 0 Å². The Labute approximate surface area is 192 Å². The molecular formula is C31H19Cl. The molecule has 0 amide bonds. The molecule has 0 heterocycles. The van der Waals surface area contributed by atoms with Crippen molar-refractivity contribution in [3.8, 4) is 33.4 Å². The van der Waals surface area contributed by atoms with E-state index in [0.29, 0.717) is 0 Å². The van der Waals surface area contributed by atoms with E-state index in [9.17, 15) is 0 Å². The van der Waals surface area contributed by atoms with Crippen molar-refractivity contribution in [1.29, 1.82) is 0 Å². The Kier molecular flexibility index (Phi) is 3.63. The first kappa shape index (κ1) is 18.0. The van der Waals surface area contributed by atoms with Gasteiger partial charge in [0.25, 0.3) is 0 Å². The van der Waals surface area contributed by atoms with Crippen LogP contribution in [0.2, 0.25) is 5.02 Å². The molecule has 32 heavy (non-hydrogen) atoms. The number of fused-ring (bicyclic) bond motifs is 10. The fraction of sp³-hybridized carbons (Fsp3) is 0.0323. The maximum absolute atomic E-state index is 6.21. The van der Waals surface area contributed by atoms with Crippen LogP contribution >= 0.6 is 11.6 Å². The van der Waals surface area contributed by atoms with Gasteiger partial charge in [0.05, 0.1) is 5.41 Å². The lowest BCUT2D eigenvalue weighted by molar-refractivity contribution is 0.794. The van der Waals surface area contributed by atoms with Crippen molar-refractivity contribution in [2.75, 3.05) is 0 Å². The molecule has 1 heteroatoms. The van der Waals surface area contributed by atoms with Gasteiger partial charge < -0.3 is 0 Å². The summed E-state index contributed by atoms with van der Waals surface area (Å²) in [6, 6.07) is 41.8. The number of rotatable bonds is 1. The Balaban J connectivity index is 1.66. The lowest BCUT2D eigenvalue weighted by Crippen LogP contribution is -2.25. The molecule has 0 nitrogen and oxygen atoms in total. The Morgan fingerprint density at radius 3 is 1.50 bits per heavy atom. The van der Waals surface area contributed by atoms with Crippen molar-refractivity contribution >= 4 is 11.6 Å². The summed E-state index contributed by atoms with van der Waals surface area (Å²) in [5.41, 5.74) is 13.0. The Hall–Kier alpha value is -3.61. The zero-order valence-electron chi connectivity index (χ0n) is 17.3. The van der Waals surface area contributed by atoms with E-state index >= 15 is 0 Å². The lowest BCUT2D eigenvalue weighted by Gasteiger charge is -2.30. The van der Waals surface area contributed by atoms with E-state index in [2.05, 4.69) is 103 Å². The van der Waals surface area contributed by atoms with Gasteiger partial charge in [0.2, 0.25) is 0 Å². The smallest absolute Gasteiger partial charge is 0.0725 e. The highest BCUT2D eigenvalue weighted by Gasteiger charge is 2.51. The van der Waals surface area contributed by atoms with E-state index in [0.717, 1.165) is 5.02 Å². The summed E-state index contributed by atoms with van der Waals surface area (Å²) in [6.07, 6.45) is 0. The first-order chi connectivity index (χ1) is 15.8. The molecule has 7 rings (SSSR count). The summed E-state index contributed by atoms with van der Waals surface area (Å²) in [5.74, 6) is 0. The highest BCUT2D eigenvalue weighted by Crippen LogP contribution is 2.63. The molecule has 0 saturated carbocycles. The molecule has 0 fully saturated rings. The van der Waals surface area contributed by atoms with Crippen molar-refractivity contribution in [3.63, 3.8) is 0 Å². The van der Waals surface area contributed by atoms with Crippen LogP contribution in [0, 0.1) is 0 Å². The number of benzene rings is 5. The molecule has 5 aromatic rings. The third-order valence-electron chi connectivity index (χ3n) is 7.18. The van der Waals surface area contributed by atoms with Crippen LogP contribution in [0.3, 0.4) is 0 Å². The second-order valence-electron chi connectivity index (χ2n) is 8.62. The maximum atomic E-state index is 6.21. The number of hydrogen-bond acceptors (Lipinski definition) is 0. The van der Waals surface area contributed by atoms with Crippen molar-refractivity contribution in [3.05, 3.63) is 143 Å². The van der Waals surface area contributed by atoms with Gasteiger partial charge in [-0.2, -0.15) is 0 Å². The second-order valence-corrected chi connectivity index (χ2v) is 9.06. The van der Waals surface area contributed by atoms with Gasteiger partial charge in [0, 0.05) is 5.02 Å². The van der Waals surface area contributed by atoms with E-state index in [1.54, 1.807) is 0 Å². The lowest BCUT2D eigenvalue weighted by atomic mass is 9.70. The molecule has 0 radical (unpaired) electrons. The van der Waals surface area contributed by atoms with Crippen LogP contribution in [0.4, 0.5) is 0 Å². The van der Waals surface area contributed by atoms with Crippen molar-refractivity contribution in [2.45, 2.75) is 5.41 Å². The van der Waals surface area contributed by atoms with Crippen LogP contribution in [-0.4, -0.2) is 0 Å². The van der Waals surface area contributed by atoms with Gasteiger partial charge in [-0.1, -0.05) is 115 Å². The summed E-state index contributed by atoms with van der Waals surface area (Å²) in [6.45, 7) is 0. The van der Waals surface area contributed by atoms with Crippen LogP contribution in [0.25, 0.3) is 33.4 Å². The molecular weight excluding hydrogens is 408 g/mol. The quantitative estimate of drug-likeness (QED) is 0.247. The molecule has 0 N–H and O–H groups in total. The predicted octanol–water partition coefficient (Wildman–Crippen LogP) is 8.35. The Morgan fingerprint density at radius 1 is 0.406 bits per heavy atom. The fourth-order valence-corrected chi connectivity index (χ4v) is 6.14. The molecule has 150 valence electrons. The third kappa shape index (κ3) is 2.13. The molecule has 0 bridgehead atoms. The summed E-state index contributed by atoms with van der Waals surface area (Å²) in [4.78, 5) is 0. The normalized spacial score (nSPS) is 14.0. The van der Waals surface area contributed by atoms with Crippen molar-refractivity contribution in [2.24, 2.45) is 0 Å². The standard InChI is InChI=1S/C31H19Cl/c32-21-18-16-20(17-19-21)22-11-7-15-29-30(22)25-10-3-6-14-28(25)31(29)26-12-4-1-8-23(26)24-9-2-5-13-27(24)31/h1-19H. The van der Waals surface area contributed by atoms with Crippen LogP contribution in [0.1, 0.15) is 22.3 Å². The molecule has 0 aromatic heterocycles. The second kappa shape index (κ2) is 6.45. The van der Waals surface area contributed by atoms with Crippen LogP contribution in [-0.2, 0) is 5.41 Å². The minimum atomic E-state index is -0.290. The van der Waals surface area contributed by atoms with E-state index in [1.165, 1.54) is 55.6 Å². The van der Waals surface area contributed by atoms with Crippen molar-refractivity contribution in [1.82, 2.24) is 0 Å². The average molecular weight is 427 g/mol. The third-order valence-corrected chi connectivity index (χ3v) is 7.43. The number of hydrogen-bond donors (Lipinski definition) is 0. The van der Waals surface area contributed by atoms with Gasteiger partial charge >= 0.3 is 0 Å². The largest absolute Gasteiger partial charge is 0.0843 e. The van der Waals surface area contributed by atoms with Crippen LogP contribution in [0.5, 0.6) is 0 Å². The highest BCUT2D eigenvalue weighted by molar-refractivity contribution is 6.30. The highest BCUT2D eigenvalue weighted by atomic mass is 35.5. The Morgan fingerprint density at radius 2 is 0.875 bits per heavy atom. The summed E-state index contributed by atoms with van der Waals surface area (Å²) >= 11 is 6.21. The minimum absolute atomic E-state index is 0.290. The number of halogens is 1. The van der Waals surface area contributed by atoms with Crippen LogP contribution in [0.15, 0.2) is 115 Å². The van der Waals surface area contributed by atoms with Gasteiger partial charge in [-0.15, -0.1) is 0 Å². The van der Waals surface area contributed by atoms with Gasteiger partial charge in [0.15, 0.2) is 0 Å². The average Bonchev–Trinajstić information content (AvgIpc) is 3.32. The maximum Gasteiger partial charge on any atom is 0.0725 e. The van der Waals surface area contributed by atoms with Gasteiger partial charge in [0.1, 0.15) is 0 Å². The molecule has 5 aromatic carbocycles. The monoisotopic (exact) mass is 426 g/mol. The Bertz CT molecular complexity index is 1480. The molecule has 0 saturated heterocycles. The van der Waals surface area contributed by atoms with Crippen LogP contribution < -0.4 is 0 Å².